The molecule has 140 valence electrons. The van der Waals surface area contributed by atoms with Crippen molar-refractivity contribution in [2.75, 3.05) is 6.61 Å². The number of phenolic OH excluding ortho intramolecular Hbond substituents is 3. The van der Waals surface area contributed by atoms with Gasteiger partial charge in [-0.1, -0.05) is 12.1 Å². The molecule has 0 aromatic heterocycles. The van der Waals surface area contributed by atoms with Gasteiger partial charge in [0.25, 0.3) is 0 Å². The van der Waals surface area contributed by atoms with Crippen molar-refractivity contribution in [3.63, 3.8) is 0 Å². The van der Waals surface area contributed by atoms with E-state index in [4.69, 9.17) is 9.47 Å². The van der Waals surface area contributed by atoms with Crippen molar-refractivity contribution < 1.29 is 34.7 Å². The summed E-state index contributed by atoms with van der Waals surface area (Å²) in [6, 6.07) is 5.28. The van der Waals surface area contributed by atoms with E-state index in [1.54, 1.807) is 0 Å². The average Bonchev–Trinajstić information content (AvgIpc) is 2.82. The number of ether oxygens (including phenoxy) is 2. The lowest BCUT2D eigenvalue weighted by atomic mass is 9.90. The number of carbonyl (C=O) groups excluding carboxylic acids is 1. The van der Waals surface area contributed by atoms with Gasteiger partial charge in [0.15, 0.2) is 23.7 Å². The highest BCUT2D eigenvalue weighted by atomic mass is 16.5. The maximum atomic E-state index is 12.8. The predicted octanol–water partition coefficient (Wildman–Crippen LogP) is 2.36. The molecular weight excluding hydrogens is 352 g/mol. The van der Waals surface area contributed by atoms with Crippen molar-refractivity contribution >= 4 is 5.78 Å². The van der Waals surface area contributed by atoms with Gasteiger partial charge < -0.3 is 29.9 Å². The molecule has 2 aliphatic heterocycles. The van der Waals surface area contributed by atoms with Crippen LogP contribution in [0.3, 0.4) is 0 Å². The normalized spacial score (nSPS) is 21.3. The molecule has 27 heavy (non-hydrogen) atoms. The molecule has 0 spiro atoms. The number of aliphatic hydroxyl groups is 1. The lowest BCUT2D eigenvalue weighted by molar-refractivity contribution is 0.0205. The molecule has 0 amide bonds. The number of phenols is 3. The molecule has 0 saturated heterocycles. The largest absolute Gasteiger partial charge is 0.507 e. The Morgan fingerprint density at radius 1 is 1.07 bits per heavy atom. The number of benzene rings is 2. The van der Waals surface area contributed by atoms with Crippen LogP contribution in [-0.2, 0) is 6.42 Å². The first-order valence-electron chi connectivity index (χ1n) is 8.45. The van der Waals surface area contributed by atoms with Crippen molar-refractivity contribution in [2.24, 2.45) is 0 Å². The fourth-order valence-electron chi connectivity index (χ4n) is 3.32. The first-order valence-corrected chi connectivity index (χ1v) is 8.45. The number of rotatable bonds is 1. The van der Waals surface area contributed by atoms with E-state index >= 15 is 0 Å². The quantitative estimate of drug-likeness (QED) is 0.450. The van der Waals surface area contributed by atoms with Gasteiger partial charge >= 0.3 is 0 Å². The zero-order valence-corrected chi connectivity index (χ0v) is 14.5. The van der Waals surface area contributed by atoms with Gasteiger partial charge in [-0.3, -0.25) is 4.79 Å². The number of allylic oxidation sites excluding steroid dienone is 1. The number of aliphatic hydroxyl groups excluding tert-OH is 1. The molecule has 0 fully saturated rings. The molecule has 0 saturated carbocycles. The smallest absolute Gasteiger partial charge is 0.202 e. The van der Waals surface area contributed by atoms with Crippen molar-refractivity contribution in [3.8, 4) is 28.7 Å². The highest BCUT2D eigenvalue weighted by Crippen LogP contribution is 2.47. The minimum absolute atomic E-state index is 0.0861. The van der Waals surface area contributed by atoms with E-state index in [-0.39, 0.29) is 22.8 Å². The molecule has 2 unspecified atom stereocenters. The van der Waals surface area contributed by atoms with Gasteiger partial charge in [-0.15, -0.1) is 0 Å². The third kappa shape index (κ3) is 2.76. The third-order valence-electron chi connectivity index (χ3n) is 4.81. The van der Waals surface area contributed by atoms with Crippen molar-refractivity contribution in [3.05, 3.63) is 52.6 Å². The second kappa shape index (κ2) is 6.21. The molecule has 7 heteroatoms. The summed E-state index contributed by atoms with van der Waals surface area (Å²) in [5, 5.41) is 40.0. The minimum atomic E-state index is -1.57. The summed E-state index contributed by atoms with van der Waals surface area (Å²) < 4.78 is 11.6. The van der Waals surface area contributed by atoms with Gasteiger partial charge in [0.05, 0.1) is 0 Å². The number of hydrogen-bond donors (Lipinski definition) is 4. The number of aromatic hydroxyl groups is 3. The Labute approximate surface area is 154 Å². The molecule has 2 aromatic carbocycles. The molecule has 0 aliphatic carbocycles. The molecule has 7 nitrogen and oxygen atoms in total. The predicted molar refractivity (Wildman–Crippen MR) is 94.5 cm³/mol. The molecule has 2 heterocycles. The lowest BCUT2D eigenvalue weighted by Gasteiger charge is -2.32. The van der Waals surface area contributed by atoms with Crippen molar-refractivity contribution in [1.82, 2.24) is 0 Å². The second-order valence-corrected chi connectivity index (χ2v) is 6.72. The van der Waals surface area contributed by atoms with Gasteiger partial charge in [0.1, 0.15) is 29.4 Å². The van der Waals surface area contributed by atoms with E-state index in [1.807, 2.05) is 13.0 Å². The number of carbonyl (C=O) groups is 1. The standard InChI is InChI=1S/C20H18O7/c1-9-2-4-11-15(26-8-9)7-14(23)16-17(24)18(25)19(27-20(11)16)10-3-5-12(21)13(22)6-10/h2-3,5-7,18-19,21-23,25H,4,8H2,1H3. The summed E-state index contributed by atoms with van der Waals surface area (Å²) in [6.45, 7) is 2.27. The average molecular weight is 370 g/mol. The number of fused-ring (bicyclic) bond motifs is 3. The van der Waals surface area contributed by atoms with Crippen LogP contribution in [0.1, 0.15) is 34.5 Å². The first kappa shape index (κ1) is 17.2. The molecule has 0 radical (unpaired) electrons. The van der Waals surface area contributed by atoms with Crippen molar-refractivity contribution in [2.45, 2.75) is 25.6 Å². The Balaban J connectivity index is 1.85. The summed E-state index contributed by atoms with van der Waals surface area (Å²) in [5.41, 5.74) is 1.83. The summed E-state index contributed by atoms with van der Waals surface area (Å²) >= 11 is 0. The fourth-order valence-corrected chi connectivity index (χ4v) is 3.32. The van der Waals surface area contributed by atoms with Gasteiger partial charge in [0, 0.05) is 11.6 Å². The molecular formula is C20H18O7. The van der Waals surface area contributed by atoms with Crippen LogP contribution >= 0.6 is 0 Å². The van der Waals surface area contributed by atoms with Gasteiger partial charge in [0.2, 0.25) is 5.78 Å². The van der Waals surface area contributed by atoms with E-state index in [0.29, 0.717) is 29.9 Å². The van der Waals surface area contributed by atoms with Crippen LogP contribution in [0.4, 0.5) is 0 Å². The topological polar surface area (TPSA) is 116 Å². The van der Waals surface area contributed by atoms with Crippen LogP contribution in [0.2, 0.25) is 0 Å². The second-order valence-electron chi connectivity index (χ2n) is 6.72. The van der Waals surface area contributed by atoms with E-state index in [9.17, 15) is 25.2 Å². The summed E-state index contributed by atoms with van der Waals surface area (Å²) in [6.07, 6.45) is -0.283. The van der Waals surface area contributed by atoms with Crippen LogP contribution in [0, 0.1) is 0 Å². The van der Waals surface area contributed by atoms with Crippen LogP contribution in [0.15, 0.2) is 35.9 Å². The van der Waals surface area contributed by atoms with E-state index in [2.05, 4.69) is 0 Å². The molecule has 4 N–H and O–H groups in total. The van der Waals surface area contributed by atoms with Crippen molar-refractivity contribution in [1.29, 1.82) is 0 Å². The Kier molecular flexibility index (Phi) is 3.96. The SMILES string of the molecule is CC1=CCc2c(cc(O)c3c2OC(c2ccc(O)c(O)c2)C(O)C3=O)OC1. The molecule has 2 aromatic rings. The van der Waals surface area contributed by atoms with Gasteiger partial charge in [-0.25, -0.2) is 0 Å². The highest BCUT2D eigenvalue weighted by molar-refractivity contribution is 6.06. The van der Waals surface area contributed by atoms with Gasteiger partial charge in [-0.2, -0.15) is 0 Å². The van der Waals surface area contributed by atoms with Crippen LogP contribution in [-0.4, -0.2) is 38.9 Å². The summed E-state index contributed by atoms with van der Waals surface area (Å²) in [4.78, 5) is 12.8. The number of ketones is 1. The van der Waals surface area contributed by atoms with E-state index in [0.717, 1.165) is 5.57 Å². The lowest BCUT2D eigenvalue weighted by Crippen LogP contribution is -2.36. The van der Waals surface area contributed by atoms with Gasteiger partial charge in [-0.05, 0) is 36.6 Å². The Morgan fingerprint density at radius 2 is 1.85 bits per heavy atom. The van der Waals surface area contributed by atoms with E-state index in [1.165, 1.54) is 24.3 Å². The molecule has 2 atom stereocenters. The third-order valence-corrected chi connectivity index (χ3v) is 4.81. The zero-order valence-electron chi connectivity index (χ0n) is 14.5. The minimum Gasteiger partial charge on any atom is -0.507 e. The maximum absolute atomic E-state index is 12.8. The highest BCUT2D eigenvalue weighted by Gasteiger charge is 2.41. The van der Waals surface area contributed by atoms with Crippen LogP contribution < -0.4 is 9.47 Å². The molecule has 4 rings (SSSR count). The Bertz CT molecular complexity index is 977. The first-order chi connectivity index (χ1) is 12.9. The zero-order chi connectivity index (χ0) is 19.3. The molecule has 0 bridgehead atoms. The Hall–Kier alpha value is -3.19. The van der Waals surface area contributed by atoms with Crippen LogP contribution in [0.5, 0.6) is 28.7 Å². The molecule has 2 aliphatic rings. The monoisotopic (exact) mass is 370 g/mol. The summed E-state index contributed by atoms with van der Waals surface area (Å²) in [5.74, 6) is -1.15. The summed E-state index contributed by atoms with van der Waals surface area (Å²) in [7, 11) is 0. The number of Topliss-reactive ketones (excluding diaryl/α,β-unsaturated/α-hetero) is 1. The van der Waals surface area contributed by atoms with Crippen LogP contribution in [0.25, 0.3) is 0 Å². The van der Waals surface area contributed by atoms with E-state index < -0.39 is 23.7 Å². The Morgan fingerprint density at radius 3 is 2.59 bits per heavy atom. The maximum Gasteiger partial charge on any atom is 0.202 e. The number of hydrogen-bond acceptors (Lipinski definition) is 7. The fraction of sp³-hybridized carbons (Fsp3) is 0.250.